The molecule has 26 heavy (non-hydrogen) atoms. The van der Waals surface area contributed by atoms with Crippen LogP contribution in [0.15, 0.2) is 48.5 Å². The van der Waals surface area contributed by atoms with Crippen LogP contribution in [0.1, 0.15) is 10.4 Å². The van der Waals surface area contributed by atoms with Crippen molar-refractivity contribution in [3.63, 3.8) is 0 Å². The zero-order valence-corrected chi connectivity index (χ0v) is 14.1. The number of hydrogen-bond donors (Lipinski definition) is 1. The van der Waals surface area contributed by atoms with Gasteiger partial charge in [0.05, 0.1) is 5.56 Å². The van der Waals surface area contributed by atoms with E-state index in [1.165, 1.54) is 18.2 Å². The third-order valence-corrected chi connectivity index (χ3v) is 4.25. The van der Waals surface area contributed by atoms with Crippen LogP contribution in [0.2, 0.25) is 0 Å². The van der Waals surface area contributed by atoms with Crippen molar-refractivity contribution in [2.75, 3.05) is 37.7 Å². The van der Waals surface area contributed by atoms with Crippen molar-refractivity contribution in [2.45, 2.75) is 0 Å². The van der Waals surface area contributed by atoms with E-state index in [1.54, 1.807) is 29.2 Å². The lowest BCUT2D eigenvalue weighted by Crippen LogP contribution is -2.50. The van der Waals surface area contributed by atoms with Gasteiger partial charge in [-0.1, -0.05) is 12.1 Å². The molecule has 1 fully saturated rings. The van der Waals surface area contributed by atoms with Gasteiger partial charge in [-0.05, 0) is 30.3 Å². The van der Waals surface area contributed by atoms with Gasteiger partial charge in [0.2, 0.25) is 0 Å². The van der Waals surface area contributed by atoms with Crippen LogP contribution in [0.5, 0.6) is 5.75 Å². The third kappa shape index (κ3) is 4.30. The van der Waals surface area contributed by atoms with Gasteiger partial charge in [-0.25, -0.2) is 9.18 Å². The van der Waals surface area contributed by atoms with Crippen LogP contribution < -0.4 is 9.64 Å². The molecule has 2 aromatic rings. The highest BCUT2D eigenvalue weighted by molar-refractivity contribution is 5.88. The van der Waals surface area contributed by atoms with E-state index in [0.717, 1.165) is 5.69 Å². The topological polar surface area (TPSA) is 70.1 Å². The third-order valence-electron chi connectivity index (χ3n) is 4.25. The van der Waals surface area contributed by atoms with E-state index < -0.39 is 11.8 Å². The fraction of sp³-hybridized carbons (Fsp3) is 0.263. The van der Waals surface area contributed by atoms with E-state index in [4.69, 9.17) is 9.84 Å². The summed E-state index contributed by atoms with van der Waals surface area (Å²) in [5, 5.41) is 9.08. The van der Waals surface area contributed by atoms with Gasteiger partial charge in [0.15, 0.2) is 6.61 Å². The molecule has 7 heteroatoms. The van der Waals surface area contributed by atoms with Crippen molar-refractivity contribution in [3.8, 4) is 5.75 Å². The summed E-state index contributed by atoms with van der Waals surface area (Å²) in [5.41, 5.74) is 1.07. The lowest BCUT2D eigenvalue weighted by atomic mass is 10.1. The first-order valence-corrected chi connectivity index (χ1v) is 8.27. The van der Waals surface area contributed by atoms with E-state index in [-0.39, 0.29) is 18.1 Å². The maximum Gasteiger partial charge on any atom is 0.335 e. The molecule has 1 aliphatic heterocycles. The predicted octanol–water partition coefficient (Wildman–Crippen LogP) is 2.25. The smallest absolute Gasteiger partial charge is 0.335 e. The average molecular weight is 358 g/mol. The molecule has 0 unspecified atom stereocenters. The Bertz CT molecular complexity index is 804. The summed E-state index contributed by atoms with van der Waals surface area (Å²) in [6, 6.07) is 12.4. The van der Waals surface area contributed by atoms with Crippen LogP contribution in [0, 0.1) is 5.82 Å². The van der Waals surface area contributed by atoms with Gasteiger partial charge < -0.3 is 19.6 Å². The number of benzene rings is 2. The second kappa shape index (κ2) is 7.86. The van der Waals surface area contributed by atoms with Crippen molar-refractivity contribution in [3.05, 3.63) is 59.9 Å². The molecule has 0 aromatic heterocycles. The Morgan fingerprint density at radius 1 is 1.04 bits per heavy atom. The number of carboxylic acids is 1. The van der Waals surface area contributed by atoms with Crippen molar-refractivity contribution in [1.82, 2.24) is 4.90 Å². The minimum Gasteiger partial charge on any atom is -0.484 e. The summed E-state index contributed by atoms with van der Waals surface area (Å²) in [6.07, 6.45) is 0. The molecular weight excluding hydrogens is 339 g/mol. The maximum atomic E-state index is 13.1. The van der Waals surface area contributed by atoms with E-state index in [2.05, 4.69) is 0 Å². The van der Waals surface area contributed by atoms with Crippen molar-refractivity contribution in [1.29, 1.82) is 0 Å². The number of aromatic carboxylic acids is 1. The van der Waals surface area contributed by atoms with E-state index in [0.29, 0.717) is 31.9 Å². The fourth-order valence-electron chi connectivity index (χ4n) is 2.84. The lowest BCUT2D eigenvalue weighted by Gasteiger charge is -2.36. The molecule has 0 bridgehead atoms. The quantitative estimate of drug-likeness (QED) is 0.888. The Labute approximate surface area is 150 Å². The number of rotatable bonds is 5. The van der Waals surface area contributed by atoms with Crippen molar-refractivity contribution < 1.29 is 23.8 Å². The van der Waals surface area contributed by atoms with Crippen LogP contribution in [0.25, 0.3) is 0 Å². The molecular formula is C19H19FN2O4. The van der Waals surface area contributed by atoms with Gasteiger partial charge >= 0.3 is 5.97 Å². The fourth-order valence-corrected chi connectivity index (χ4v) is 2.84. The lowest BCUT2D eigenvalue weighted by molar-refractivity contribution is -0.133. The molecule has 0 spiro atoms. The molecule has 3 rings (SSSR count). The Balaban J connectivity index is 1.52. The Kier molecular flexibility index (Phi) is 5.36. The van der Waals surface area contributed by atoms with Gasteiger partial charge in [0.1, 0.15) is 11.6 Å². The molecule has 0 atom stereocenters. The Hall–Kier alpha value is -3.09. The number of ether oxygens (including phenoxy) is 1. The van der Waals surface area contributed by atoms with E-state index in [1.807, 2.05) is 11.0 Å². The van der Waals surface area contributed by atoms with Gasteiger partial charge in [-0.2, -0.15) is 0 Å². The number of carboxylic acid groups (broad SMARTS) is 1. The zero-order chi connectivity index (χ0) is 18.5. The molecule has 1 N–H and O–H groups in total. The first kappa shape index (κ1) is 17.7. The second-order valence-corrected chi connectivity index (χ2v) is 5.97. The highest BCUT2D eigenvalue weighted by Gasteiger charge is 2.22. The summed E-state index contributed by atoms with van der Waals surface area (Å²) < 4.78 is 18.5. The number of piperazine rings is 1. The van der Waals surface area contributed by atoms with Crippen LogP contribution in [0.3, 0.4) is 0 Å². The molecule has 1 heterocycles. The van der Waals surface area contributed by atoms with Gasteiger partial charge in [0.25, 0.3) is 5.91 Å². The molecule has 1 aliphatic rings. The summed E-state index contributed by atoms with van der Waals surface area (Å²) >= 11 is 0. The monoisotopic (exact) mass is 358 g/mol. The Morgan fingerprint density at radius 2 is 1.77 bits per heavy atom. The van der Waals surface area contributed by atoms with Crippen molar-refractivity contribution >= 4 is 17.6 Å². The number of nitrogens with zero attached hydrogens (tertiary/aromatic N) is 2. The summed E-state index contributed by atoms with van der Waals surface area (Å²) in [5.74, 6) is -1.21. The zero-order valence-electron chi connectivity index (χ0n) is 14.1. The summed E-state index contributed by atoms with van der Waals surface area (Å²) in [6.45, 7) is 2.10. The Morgan fingerprint density at radius 3 is 2.46 bits per heavy atom. The minimum absolute atomic E-state index is 0.141. The first-order valence-electron chi connectivity index (χ1n) is 8.27. The summed E-state index contributed by atoms with van der Waals surface area (Å²) in [7, 11) is 0. The molecule has 0 radical (unpaired) electrons. The van der Waals surface area contributed by atoms with Crippen molar-refractivity contribution in [2.24, 2.45) is 0 Å². The molecule has 0 saturated carbocycles. The normalized spacial score (nSPS) is 14.2. The predicted molar refractivity (Wildman–Crippen MR) is 94.1 cm³/mol. The van der Waals surface area contributed by atoms with E-state index in [9.17, 15) is 14.0 Å². The van der Waals surface area contributed by atoms with Crippen LogP contribution in [0.4, 0.5) is 10.1 Å². The van der Waals surface area contributed by atoms with Crippen LogP contribution in [-0.4, -0.2) is 54.7 Å². The highest BCUT2D eigenvalue weighted by Crippen LogP contribution is 2.18. The molecule has 136 valence electrons. The average Bonchev–Trinajstić information content (AvgIpc) is 2.66. The molecule has 1 amide bonds. The molecule has 6 nitrogen and oxygen atoms in total. The van der Waals surface area contributed by atoms with Crippen LogP contribution in [-0.2, 0) is 4.79 Å². The number of halogens is 1. The molecule has 2 aromatic carbocycles. The number of anilines is 1. The summed E-state index contributed by atoms with van der Waals surface area (Å²) in [4.78, 5) is 27.1. The molecule has 0 aliphatic carbocycles. The number of hydrogen-bond acceptors (Lipinski definition) is 4. The van der Waals surface area contributed by atoms with Crippen LogP contribution >= 0.6 is 0 Å². The first-order chi connectivity index (χ1) is 12.5. The number of carbonyl (C=O) groups excluding carboxylic acids is 1. The van der Waals surface area contributed by atoms with E-state index >= 15 is 0 Å². The minimum atomic E-state index is -0.963. The number of carbonyl (C=O) groups is 2. The second-order valence-electron chi connectivity index (χ2n) is 5.97. The standard InChI is InChI=1S/C19H19FN2O4/c20-15-4-2-6-17(12-15)26-13-18(23)22-9-7-21(8-10-22)16-5-1-3-14(11-16)19(24)25/h1-6,11-12H,7-10,13H2,(H,24,25). The van der Waals surface area contributed by atoms with Gasteiger partial charge in [-0.3, -0.25) is 4.79 Å². The maximum absolute atomic E-state index is 13.1. The largest absolute Gasteiger partial charge is 0.484 e. The molecule has 1 saturated heterocycles. The number of amides is 1. The SMILES string of the molecule is O=C(O)c1cccc(N2CCN(C(=O)COc3cccc(F)c3)CC2)c1. The highest BCUT2D eigenvalue weighted by atomic mass is 19.1. The van der Waals surface area contributed by atoms with Gasteiger partial charge in [-0.15, -0.1) is 0 Å². The van der Waals surface area contributed by atoms with Gasteiger partial charge in [0, 0.05) is 37.9 Å².